The zero-order valence-corrected chi connectivity index (χ0v) is 16.2. The number of hydrogen-bond acceptors (Lipinski definition) is 3. The van der Waals surface area contributed by atoms with Gasteiger partial charge < -0.3 is 4.74 Å². The summed E-state index contributed by atoms with van der Waals surface area (Å²) < 4.78 is 4.85. The average Bonchev–Trinajstić information content (AvgIpc) is 2.47. The predicted octanol–water partition coefficient (Wildman–Crippen LogP) is 5.19. The zero-order chi connectivity index (χ0) is 16.6. The van der Waals surface area contributed by atoms with Crippen molar-refractivity contribution in [2.75, 3.05) is 5.94 Å². The summed E-state index contributed by atoms with van der Waals surface area (Å²) in [6.45, 7) is 15.5. The molecule has 0 heterocycles. The smallest absolute Gasteiger partial charge is 0.303 e. The molecule has 118 valence electrons. The Balaban J connectivity index is -0.000000425. The maximum Gasteiger partial charge on any atom is 0.303 e. The van der Waals surface area contributed by atoms with E-state index in [9.17, 15) is 4.79 Å². The first-order chi connectivity index (χ1) is 9.59. The number of rotatable bonds is 3. The summed E-state index contributed by atoms with van der Waals surface area (Å²) in [4.78, 5) is 11.7. The van der Waals surface area contributed by atoms with Gasteiger partial charge in [-0.25, -0.2) is 0 Å². The second-order valence-corrected chi connectivity index (χ2v) is 4.53. The quantitative estimate of drug-likeness (QED) is 0.332. The minimum absolute atomic E-state index is 0.241. The summed E-state index contributed by atoms with van der Waals surface area (Å²) in [6.07, 6.45) is 0. The third-order valence-corrected chi connectivity index (χ3v) is 3.25. The number of hydrogen-bond donors (Lipinski definition) is 0. The lowest BCUT2D eigenvalue weighted by atomic mass is 10.2. The molecule has 0 spiro atoms. The fourth-order valence-corrected chi connectivity index (χ4v) is 2.33. The Morgan fingerprint density at radius 3 is 2.05 bits per heavy atom. The van der Waals surface area contributed by atoms with Crippen LogP contribution in [0.2, 0.25) is 0 Å². The van der Waals surface area contributed by atoms with Gasteiger partial charge in [0.2, 0.25) is 0 Å². The van der Waals surface area contributed by atoms with E-state index >= 15 is 0 Å². The van der Waals surface area contributed by atoms with Crippen molar-refractivity contribution in [3.63, 3.8) is 0 Å². The maximum absolute atomic E-state index is 10.5. The van der Waals surface area contributed by atoms with Crippen LogP contribution in [-0.4, -0.2) is 11.9 Å². The Morgan fingerprint density at radius 1 is 1.15 bits per heavy atom. The molecule has 0 saturated carbocycles. The SMILES string of the molecule is CC.CC.CC.CC(=O)OCSc1ccc(C)cc1P. The molecule has 0 N–H and O–H groups in total. The first-order valence-electron chi connectivity index (χ1n) is 7.22. The number of thioether (sulfide) groups is 1. The third-order valence-electron chi connectivity index (χ3n) is 1.64. The van der Waals surface area contributed by atoms with E-state index in [1.807, 2.05) is 60.6 Å². The van der Waals surface area contributed by atoms with Crippen molar-refractivity contribution in [1.82, 2.24) is 0 Å². The second-order valence-electron chi connectivity index (χ2n) is 2.94. The van der Waals surface area contributed by atoms with Crippen LogP contribution < -0.4 is 5.30 Å². The number of benzene rings is 1. The van der Waals surface area contributed by atoms with Crippen LogP contribution in [-0.2, 0) is 9.53 Å². The van der Waals surface area contributed by atoms with Gasteiger partial charge in [-0.3, -0.25) is 4.79 Å². The number of carbonyl (C=O) groups excluding carboxylic acids is 1. The lowest BCUT2D eigenvalue weighted by Crippen LogP contribution is -2.01. The van der Waals surface area contributed by atoms with Crippen LogP contribution in [0.3, 0.4) is 0 Å². The molecule has 4 heteroatoms. The van der Waals surface area contributed by atoms with Crippen molar-refractivity contribution in [1.29, 1.82) is 0 Å². The highest BCUT2D eigenvalue weighted by Gasteiger charge is 2.00. The van der Waals surface area contributed by atoms with E-state index in [1.165, 1.54) is 24.2 Å². The number of carbonyl (C=O) groups is 1. The van der Waals surface area contributed by atoms with Gasteiger partial charge in [-0.1, -0.05) is 71.0 Å². The highest BCUT2D eigenvalue weighted by atomic mass is 32.2. The molecule has 2 nitrogen and oxygen atoms in total. The van der Waals surface area contributed by atoms with Crippen molar-refractivity contribution in [3.8, 4) is 0 Å². The van der Waals surface area contributed by atoms with Gasteiger partial charge >= 0.3 is 5.97 Å². The molecule has 0 bridgehead atoms. The molecule has 1 rings (SSSR count). The Morgan fingerprint density at radius 2 is 1.65 bits per heavy atom. The molecule has 0 aromatic heterocycles. The second kappa shape index (κ2) is 18.5. The summed E-state index contributed by atoms with van der Waals surface area (Å²) in [5, 5.41) is 1.14. The van der Waals surface area contributed by atoms with Gasteiger partial charge in [-0.05, 0) is 18.3 Å². The molecule has 0 aliphatic rings. The minimum Gasteiger partial charge on any atom is -0.454 e. The van der Waals surface area contributed by atoms with Gasteiger partial charge in [0.25, 0.3) is 0 Å². The highest BCUT2D eigenvalue weighted by molar-refractivity contribution is 7.99. The Kier molecular flexibility index (Phi) is 22.6. The molecule has 1 atom stereocenters. The summed E-state index contributed by atoms with van der Waals surface area (Å²) in [6, 6.07) is 6.16. The molecule has 0 radical (unpaired) electrons. The van der Waals surface area contributed by atoms with E-state index in [1.54, 1.807) is 0 Å². The number of esters is 1. The van der Waals surface area contributed by atoms with E-state index in [0.717, 1.165) is 10.2 Å². The molecule has 0 amide bonds. The van der Waals surface area contributed by atoms with Crippen LogP contribution in [0.5, 0.6) is 0 Å². The van der Waals surface area contributed by atoms with Crippen molar-refractivity contribution < 1.29 is 9.53 Å². The zero-order valence-electron chi connectivity index (χ0n) is 14.2. The van der Waals surface area contributed by atoms with Crippen molar-refractivity contribution in [2.45, 2.75) is 60.3 Å². The Hall–Kier alpha value is -0.530. The number of ether oxygens (including phenoxy) is 1. The fourth-order valence-electron chi connectivity index (χ4n) is 0.975. The van der Waals surface area contributed by atoms with Crippen LogP contribution in [0, 0.1) is 6.92 Å². The lowest BCUT2D eigenvalue weighted by Gasteiger charge is -2.05. The molecule has 0 aliphatic heterocycles. The molecule has 1 unspecified atom stereocenters. The molecular formula is C16H31O2PS. The summed E-state index contributed by atoms with van der Waals surface area (Å²) >= 11 is 1.52. The summed E-state index contributed by atoms with van der Waals surface area (Å²) in [5.41, 5.74) is 1.23. The molecule has 20 heavy (non-hydrogen) atoms. The van der Waals surface area contributed by atoms with Gasteiger partial charge in [0.05, 0.1) is 0 Å². The predicted molar refractivity (Wildman–Crippen MR) is 97.1 cm³/mol. The number of aryl methyl sites for hydroxylation is 1. The molecule has 0 saturated heterocycles. The molecule has 1 aromatic rings. The first-order valence-corrected chi connectivity index (χ1v) is 8.78. The summed E-state index contributed by atoms with van der Waals surface area (Å²) in [5.74, 6) is 0.134. The normalized spacial score (nSPS) is 7.85. The maximum atomic E-state index is 10.5. The molecule has 1 aromatic carbocycles. The van der Waals surface area contributed by atoms with Gasteiger partial charge in [0.1, 0.15) is 5.94 Å². The molecular weight excluding hydrogens is 287 g/mol. The van der Waals surface area contributed by atoms with E-state index < -0.39 is 0 Å². The first kappa shape index (κ1) is 24.5. The topological polar surface area (TPSA) is 26.3 Å². The van der Waals surface area contributed by atoms with E-state index in [0.29, 0.717) is 5.94 Å². The van der Waals surface area contributed by atoms with Crippen LogP contribution >= 0.6 is 21.0 Å². The highest BCUT2D eigenvalue weighted by Crippen LogP contribution is 2.18. The van der Waals surface area contributed by atoms with Crippen LogP contribution in [0.15, 0.2) is 23.1 Å². The Bertz CT molecular complexity index is 341. The minimum atomic E-state index is -0.241. The van der Waals surface area contributed by atoms with Crippen molar-refractivity contribution in [3.05, 3.63) is 23.8 Å². The standard InChI is InChI=1S/C10H13O2PS.3C2H6/c1-7-3-4-10(9(13)5-7)14-6-12-8(2)11;3*1-2/h3-5H,6,13H2,1-2H3;3*1-2H3. The monoisotopic (exact) mass is 318 g/mol. The van der Waals surface area contributed by atoms with Crippen LogP contribution in [0.25, 0.3) is 0 Å². The summed E-state index contributed by atoms with van der Waals surface area (Å²) in [7, 11) is 2.68. The van der Waals surface area contributed by atoms with Gasteiger partial charge in [-0.15, -0.1) is 9.24 Å². The van der Waals surface area contributed by atoms with Crippen molar-refractivity contribution >= 4 is 32.3 Å². The van der Waals surface area contributed by atoms with Crippen LogP contribution in [0.1, 0.15) is 54.0 Å². The van der Waals surface area contributed by atoms with E-state index in [2.05, 4.69) is 15.3 Å². The lowest BCUT2D eigenvalue weighted by molar-refractivity contribution is -0.138. The average molecular weight is 318 g/mol. The largest absolute Gasteiger partial charge is 0.454 e. The van der Waals surface area contributed by atoms with Crippen molar-refractivity contribution in [2.24, 2.45) is 0 Å². The van der Waals surface area contributed by atoms with Crippen LogP contribution in [0.4, 0.5) is 0 Å². The Labute approximate surface area is 132 Å². The molecule has 0 aliphatic carbocycles. The molecule has 0 fully saturated rings. The van der Waals surface area contributed by atoms with Gasteiger partial charge in [-0.2, -0.15) is 0 Å². The third kappa shape index (κ3) is 13.9. The van der Waals surface area contributed by atoms with Gasteiger partial charge in [0.15, 0.2) is 0 Å². The van der Waals surface area contributed by atoms with Gasteiger partial charge in [0, 0.05) is 11.8 Å². The van der Waals surface area contributed by atoms with E-state index in [4.69, 9.17) is 4.74 Å². The fraction of sp³-hybridized carbons (Fsp3) is 0.562. The van der Waals surface area contributed by atoms with E-state index in [-0.39, 0.29) is 5.97 Å².